The predicted octanol–water partition coefficient (Wildman–Crippen LogP) is 2.55. The molecule has 0 saturated carbocycles. The molecule has 0 amide bonds. The van der Waals surface area contributed by atoms with E-state index in [1.165, 1.54) is 11.3 Å². The number of nitrogens with zero attached hydrogens (tertiary/aromatic N) is 3. The van der Waals surface area contributed by atoms with Gasteiger partial charge >= 0.3 is 0 Å². The zero-order valence-corrected chi connectivity index (χ0v) is 10.5. The van der Waals surface area contributed by atoms with E-state index < -0.39 is 0 Å². The summed E-state index contributed by atoms with van der Waals surface area (Å²) in [6.45, 7) is 5.14. The smallest absolute Gasteiger partial charge is 0.0774 e. The van der Waals surface area contributed by atoms with Crippen molar-refractivity contribution < 1.29 is 0 Å². The van der Waals surface area contributed by atoms with Gasteiger partial charge in [0.25, 0.3) is 0 Å². The maximum absolute atomic E-state index is 3.91. The second kappa shape index (κ2) is 4.99. The number of nitrogens with one attached hydrogen (secondary N) is 1. The minimum atomic E-state index is 0.517. The number of anilines is 1. The van der Waals surface area contributed by atoms with Gasteiger partial charge < -0.3 is 5.32 Å². The van der Waals surface area contributed by atoms with E-state index in [-0.39, 0.29) is 0 Å². The van der Waals surface area contributed by atoms with E-state index >= 15 is 0 Å². The summed E-state index contributed by atoms with van der Waals surface area (Å²) in [5, 5.41) is 11.2. The van der Waals surface area contributed by atoms with Gasteiger partial charge in [-0.2, -0.15) is 0 Å². The molecule has 17 heavy (non-hydrogen) atoms. The molecule has 0 spiro atoms. The van der Waals surface area contributed by atoms with E-state index in [0.29, 0.717) is 5.92 Å². The monoisotopic (exact) mass is 230 g/mol. The lowest BCUT2D eigenvalue weighted by molar-refractivity contribution is 0.683. The van der Waals surface area contributed by atoms with Gasteiger partial charge in [0, 0.05) is 12.7 Å². The average Bonchev–Trinajstić information content (AvgIpc) is 2.72. The number of aromatic nitrogens is 3. The Hall–Kier alpha value is -1.84. The Morgan fingerprint density at radius 2 is 2.06 bits per heavy atom. The summed E-state index contributed by atoms with van der Waals surface area (Å²) < 4.78 is 1.78. The molecule has 4 heteroatoms. The third-order valence-corrected chi connectivity index (χ3v) is 2.85. The molecule has 0 atom stereocenters. The molecule has 2 aromatic rings. The maximum atomic E-state index is 3.91. The van der Waals surface area contributed by atoms with Gasteiger partial charge in [-0.25, -0.2) is 0 Å². The van der Waals surface area contributed by atoms with Crippen LogP contribution in [-0.2, 0) is 13.6 Å². The Kier molecular flexibility index (Phi) is 3.42. The third kappa shape index (κ3) is 2.64. The molecule has 90 valence electrons. The number of hydrogen-bond acceptors (Lipinski definition) is 3. The van der Waals surface area contributed by atoms with Gasteiger partial charge in [-0.15, -0.1) is 5.10 Å². The summed E-state index contributed by atoms with van der Waals surface area (Å²) >= 11 is 0. The van der Waals surface area contributed by atoms with Crippen LogP contribution in [0.5, 0.6) is 0 Å². The highest BCUT2D eigenvalue weighted by atomic mass is 15.4. The van der Waals surface area contributed by atoms with Crippen molar-refractivity contribution in [2.45, 2.75) is 26.3 Å². The van der Waals surface area contributed by atoms with Crippen molar-refractivity contribution in [1.29, 1.82) is 0 Å². The van der Waals surface area contributed by atoms with Crippen molar-refractivity contribution in [1.82, 2.24) is 15.0 Å². The van der Waals surface area contributed by atoms with Crippen LogP contribution in [0.4, 0.5) is 5.69 Å². The molecule has 0 fully saturated rings. The van der Waals surface area contributed by atoms with Crippen LogP contribution < -0.4 is 5.32 Å². The second-order valence-electron chi connectivity index (χ2n) is 4.44. The minimum absolute atomic E-state index is 0.517. The molecule has 0 aliphatic rings. The van der Waals surface area contributed by atoms with Gasteiger partial charge in [0.2, 0.25) is 0 Å². The van der Waals surface area contributed by atoms with Crippen LogP contribution in [-0.4, -0.2) is 15.0 Å². The Morgan fingerprint density at radius 3 is 2.71 bits per heavy atom. The van der Waals surface area contributed by atoms with Crippen molar-refractivity contribution in [3.8, 4) is 0 Å². The molecular formula is C13H18N4. The maximum Gasteiger partial charge on any atom is 0.0774 e. The molecule has 0 aliphatic carbocycles. The van der Waals surface area contributed by atoms with Crippen LogP contribution in [0.3, 0.4) is 0 Å². The SMILES string of the molecule is CC(C)c1ccccc1NCc1cnnn1C. The first-order valence-electron chi connectivity index (χ1n) is 5.85. The van der Waals surface area contributed by atoms with Crippen LogP contribution >= 0.6 is 0 Å². The van der Waals surface area contributed by atoms with Gasteiger partial charge in [0.1, 0.15) is 0 Å². The lowest BCUT2D eigenvalue weighted by atomic mass is 10.0. The van der Waals surface area contributed by atoms with Gasteiger partial charge in [-0.1, -0.05) is 37.3 Å². The quantitative estimate of drug-likeness (QED) is 0.877. The van der Waals surface area contributed by atoms with Crippen LogP contribution in [0.15, 0.2) is 30.5 Å². The van der Waals surface area contributed by atoms with Crippen molar-refractivity contribution in [3.63, 3.8) is 0 Å². The van der Waals surface area contributed by atoms with Gasteiger partial charge in [-0.3, -0.25) is 4.68 Å². The first-order chi connectivity index (χ1) is 8.18. The van der Waals surface area contributed by atoms with Gasteiger partial charge in [0.15, 0.2) is 0 Å². The number of rotatable bonds is 4. The standard InChI is InChI=1S/C13H18N4/c1-10(2)12-6-4-5-7-13(12)14-8-11-9-15-16-17(11)3/h4-7,9-10,14H,8H2,1-3H3. The van der Waals surface area contributed by atoms with E-state index in [9.17, 15) is 0 Å². The molecule has 0 saturated heterocycles. The number of hydrogen-bond donors (Lipinski definition) is 1. The van der Waals surface area contributed by atoms with Crippen molar-refractivity contribution in [2.75, 3.05) is 5.32 Å². The highest BCUT2D eigenvalue weighted by Gasteiger charge is 2.06. The Balaban J connectivity index is 2.11. The second-order valence-corrected chi connectivity index (χ2v) is 4.44. The van der Waals surface area contributed by atoms with Crippen molar-refractivity contribution >= 4 is 5.69 Å². The molecule has 0 bridgehead atoms. The molecule has 1 aromatic carbocycles. The lowest BCUT2D eigenvalue weighted by Crippen LogP contribution is -2.07. The summed E-state index contributed by atoms with van der Waals surface area (Å²) in [5.74, 6) is 0.517. The molecular weight excluding hydrogens is 212 g/mol. The summed E-state index contributed by atoms with van der Waals surface area (Å²) in [7, 11) is 1.90. The topological polar surface area (TPSA) is 42.7 Å². The van der Waals surface area contributed by atoms with Crippen LogP contribution in [0, 0.1) is 0 Å². The Bertz CT molecular complexity index is 488. The summed E-state index contributed by atoms with van der Waals surface area (Å²) in [4.78, 5) is 0. The molecule has 1 heterocycles. The predicted molar refractivity (Wildman–Crippen MR) is 68.9 cm³/mol. The minimum Gasteiger partial charge on any atom is -0.379 e. The zero-order chi connectivity index (χ0) is 12.3. The summed E-state index contributed by atoms with van der Waals surface area (Å²) in [5.41, 5.74) is 3.59. The lowest BCUT2D eigenvalue weighted by Gasteiger charge is -2.14. The first kappa shape index (κ1) is 11.6. The Morgan fingerprint density at radius 1 is 1.29 bits per heavy atom. The fourth-order valence-corrected chi connectivity index (χ4v) is 1.82. The fourth-order valence-electron chi connectivity index (χ4n) is 1.82. The van der Waals surface area contributed by atoms with Gasteiger partial charge in [-0.05, 0) is 17.5 Å². The van der Waals surface area contributed by atoms with E-state index in [4.69, 9.17) is 0 Å². The third-order valence-electron chi connectivity index (χ3n) is 2.85. The van der Waals surface area contributed by atoms with E-state index in [2.05, 4.69) is 53.7 Å². The molecule has 0 radical (unpaired) electrons. The highest BCUT2D eigenvalue weighted by Crippen LogP contribution is 2.23. The highest BCUT2D eigenvalue weighted by molar-refractivity contribution is 5.52. The van der Waals surface area contributed by atoms with E-state index in [1.54, 1.807) is 10.9 Å². The molecule has 1 aromatic heterocycles. The van der Waals surface area contributed by atoms with E-state index in [0.717, 1.165) is 12.2 Å². The van der Waals surface area contributed by atoms with Crippen molar-refractivity contribution in [3.05, 3.63) is 41.7 Å². The average molecular weight is 230 g/mol. The van der Waals surface area contributed by atoms with E-state index in [1.807, 2.05) is 7.05 Å². The number of benzene rings is 1. The van der Waals surface area contributed by atoms with Gasteiger partial charge in [0.05, 0.1) is 18.4 Å². The first-order valence-corrected chi connectivity index (χ1v) is 5.85. The van der Waals surface area contributed by atoms with Crippen LogP contribution in [0.2, 0.25) is 0 Å². The molecule has 0 unspecified atom stereocenters. The number of aryl methyl sites for hydroxylation is 1. The molecule has 1 N–H and O–H groups in total. The summed E-state index contributed by atoms with van der Waals surface area (Å²) in [6, 6.07) is 8.40. The van der Waals surface area contributed by atoms with Crippen LogP contribution in [0.25, 0.3) is 0 Å². The van der Waals surface area contributed by atoms with Crippen LogP contribution in [0.1, 0.15) is 31.0 Å². The molecule has 0 aliphatic heterocycles. The normalized spacial score (nSPS) is 10.8. The molecule has 2 rings (SSSR count). The zero-order valence-electron chi connectivity index (χ0n) is 10.5. The molecule has 4 nitrogen and oxygen atoms in total. The largest absolute Gasteiger partial charge is 0.379 e. The van der Waals surface area contributed by atoms with Crippen molar-refractivity contribution in [2.24, 2.45) is 7.05 Å². The summed E-state index contributed by atoms with van der Waals surface area (Å²) in [6.07, 6.45) is 1.78. The number of para-hydroxylation sites is 1. The Labute approximate surface area is 102 Å². The fraction of sp³-hybridized carbons (Fsp3) is 0.385.